The van der Waals surface area contributed by atoms with Gasteiger partial charge in [0.1, 0.15) is 25.1 Å². The summed E-state index contributed by atoms with van der Waals surface area (Å²) in [5.74, 6) is 0.362. The van der Waals surface area contributed by atoms with Crippen LogP contribution in [0.5, 0.6) is 11.5 Å². The molecule has 1 aliphatic rings. The molecule has 0 bridgehead atoms. The van der Waals surface area contributed by atoms with Gasteiger partial charge in [0.15, 0.2) is 11.5 Å². The van der Waals surface area contributed by atoms with Gasteiger partial charge in [0.25, 0.3) is 5.91 Å². The first-order chi connectivity index (χ1) is 14.5. The normalized spacial score (nSPS) is 13.4. The lowest BCUT2D eigenvalue weighted by Crippen LogP contribution is -2.28. The fraction of sp³-hybridized carbons (Fsp3) is 0.217. The maximum Gasteiger partial charge on any atom is 0.254 e. The monoisotopic (exact) mass is 405 g/mol. The Kier molecular flexibility index (Phi) is 5.15. The van der Waals surface area contributed by atoms with E-state index in [1.165, 1.54) is 18.2 Å². The number of ether oxygens (including phenoxy) is 2. The molecule has 1 aliphatic heterocycles. The molecule has 1 atom stereocenters. The van der Waals surface area contributed by atoms with Gasteiger partial charge in [0, 0.05) is 28.7 Å². The number of hydrogen-bond acceptors (Lipinski definition) is 4. The van der Waals surface area contributed by atoms with Crippen molar-refractivity contribution < 1.29 is 18.7 Å². The van der Waals surface area contributed by atoms with Crippen LogP contribution < -0.4 is 14.8 Å². The van der Waals surface area contributed by atoms with E-state index < -0.39 is 17.8 Å². The second-order valence-corrected chi connectivity index (χ2v) is 7.01. The van der Waals surface area contributed by atoms with E-state index in [1.54, 1.807) is 12.1 Å². The number of halogens is 1. The first-order valence-electron chi connectivity index (χ1n) is 9.53. The minimum Gasteiger partial charge on any atom is -0.486 e. The standard InChI is InChI=1S/C23H20FN3O3/c1-14-11-18(23(28)26-20(13-25)17-5-3-4-6-19(17)24)15(2)27(14)16-7-8-21-22(12-16)30-10-9-29-21/h3-8,11-12,20H,9-10H2,1-2H3,(H,26,28). The average Bonchev–Trinajstić information content (AvgIpc) is 3.06. The SMILES string of the molecule is Cc1cc(C(=O)NC(C#N)c2ccccc2F)c(C)n1-c1ccc2c(c1)OCCO2. The van der Waals surface area contributed by atoms with Crippen molar-refractivity contribution in [2.75, 3.05) is 13.2 Å². The molecule has 1 amide bonds. The molecule has 0 saturated carbocycles. The summed E-state index contributed by atoms with van der Waals surface area (Å²) in [5, 5.41) is 12.1. The number of aryl methyl sites for hydroxylation is 1. The van der Waals surface area contributed by atoms with E-state index in [2.05, 4.69) is 5.32 Å². The van der Waals surface area contributed by atoms with Crippen LogP contribution in [0.25, 0.3) is 5.69 Å². The van der Waals surface area contributed by atoms with E-state index in [1.807, 2.05) is 42.7 Å². The minimum atomic E-state index is -1.09. The van der Waals surface area contributed by atoms with Crippen molar-refractivity contribution in [3.05, 3.63) is 76.9 Å². The van der Waals surface area contributed by atoms with Crippen LogP contribution in [0.2, 0.25) is 0 Å². The summed E-state index contributed by atoms with van der Waals surface area (Å²) in [6.45, 7) is 4.71. The molecule has 4 rings (SSSR count). The quantitative estimate of drug-likeness (QED) is 0.712. The molecule has 2 aromatic carbocycles. The van der Waals surface area contributed by atoms with Gasteiger partial charge in [0.05, 0.1) is 11.6 Å². The highest BCUT2D eigenvalue weighted by atomic mass is 19.1. The van der Waals surface area contributed by atoms with Crippen LogP contribution in [0.4, 0.5) is 4.39 Å². The van der Waals surface area contributed by atoms with Crippen LogP contribution in [0.15, 0.2) is 48.5 Å². The third-order valence-electron chi connectivity index (χ3n) is 5.08. The molecule has 0 aliphatic carbocycles. The Labute approximate surface area is 173 Å². The molecule has 2 heterocycles. The predicted octanol–water partition coefficient (Wildman–Crippen LogP) is 4.00. The van der Waals surface area contributed by atoms with Crippen LogP contribution in [-0.2, 0) is 0 Å². The van der Waals surface area contributed by atoms with E-state index in [0.717, 1.165) is 11.4 Å². The molecule has 0 radical (unpaired) electrons. The van der Waals surface area contributed by atoms with E-state index in [0.29, 0.717) is 36.0 Å². The molecule has 1 aromatic heterocycles. The number of aromatic nitrogens is 1. The van der Waals surface area contributed by atoms with Gasteiger partial charge in [-0.05, 0) is 38.1 Å². The van der Waals surface area contributed by atoms with Crippen molar-refractivity contribution in [2.45, 2.75) is 19.9 Å². The summed E-state index contributed by atoms with van der Waals surface area (Å²) in [7, 11) is 0. The molecular formula is C23H20FN3O3. The van der Waals surface area contributed by atoms with Crippen LogP contribution in [0.1, 0.15) is 33.4 Å². The molecule has 6 nitrogen and oxygen atoms in total. The molecule has 0 fully saturated rings. The number of amides is 1. The Hall–Kier alpha value is -3.79. The summed E-state index contributed by atoms with van der Waals surface area (Å²) >= 11 is 0. The Morgan fingerprint density at radius 3 is 2.60 bits per heavy atom. The number of carbonyl (C=O) groups is 1. The van der Waals surface area contributed by atoms with Crippen molar-refractivity contribution >= 4 is 5.91 Å². The maximum atomic E-state index is 14.1. The summed E-state index contributed by atoms with van der Waals surface area (Å²) < 4.78 is 27.2. The van der Waals surface area contributed by atoms with E-state index in [4.69, 9.17) is 9.47 Å². The van der Waals surface area contributed by atoms with Gasteiger partial charge in [-0.15, -0.1) is 0 Å². The highest BCUT2D eigenvalue weighted by molar-refractivity contribution is 5.96. The topological polar surface area (TPSA) is 76.3 Å². The molecular weight excluding hydrogens is 385 g/mol. The molecule has 0 saturated heterocycles. The zero-order valence-corrected chi connectivity index (χ0v) is 16.6. The summed E-state index contributed by atoms with van der Waals surface area (Å²) in [4.78, 5) is 12.9. The maximum absolute atomic E-state index is 14.1. The van der Waals surface area contributed by atoms with Crippen molar-refractivity contribution in [2.24, 2.45) is 0 Å². The lowest BCUT2D eigenvalue weighted by molar-refractivity contribution is 0.0944. The average molecular weight is 405 g/mol. The number of nitrogens with one attached hydrogen (secondary N) is 1. The number of carbonyl (C=O) groups excluding carboxylic acids is 1. The van der Waals surface area contributed by atoms with Gasteiger partial charge >= 0.3 is 0 Å². The molecule has 1 unspecified atom stereocenters. The van der Waals surface area contributed by atoms with Gasteiger partial charge in [-0.3, -0.25) is 4.79 Å². The lowest BCUT2D eigenvalue weighted by Gasteiger charge is -2.20. The second-order valence-electron chi connectivity index (χ2n) is 7.01. The Bertz CT molecular complexity index is 1160. The number of rotatable bonds is 4. The van der Waals surface area contributed by atoms with E-state index >= 15 is 0 Å². The third-order valence-corrected chi connectivity index (χ3v) is 5.08. The van der Waals surface area contributed by atoms with Crippen LogP contribution >= 0.6 is 0 Å². The molecule has 0 spiro atoms. The summed E-state index contributed by atoms with van der Waals surface area (Å²) in [6, 6.07) is 14.1. The number of nitriles is 1. The van der Waals surface area contributed by atoms with Gasteiger partial charge in [-0.1, -0.05) is 18.2 Å². The molecule has 7 heteroatoms. The van der Waals surface area contributed by atoms with Crippen molar-refractivity contribution in [3.63, 3.8) is 0 Å². The zero-order chi connectivity index (χ0) is 21.3. The van der Waals surface area contributed by atoms with Crippen LogP contribution in [0, 0.1) is 31.0 Å². The predicted molar refractivity (Wildman–Crippen MR) is 108 cm³/mol. The van der Waals surface area contributed by atoms with Crippen molar-refractivity contribution in [1.29, 1.82) is 5.26 Å². The summed E-state index contributed by atoms with van der Waals surface area (Å²) in [5.41, 5.74) is 2.92. The van der Waals surface area contributed by atoms with Gasteiger partial charge < -0.3 is 19.4 Å². The van der Waals surface area contributed by atoms with Gasteiger partial charge in [-0.2, -0.15) is 5.26 Å². The highest BCUT2D eigenvalue weighted by Crippen LogP contribution is 2.33. The second kappa shape index (κ2) is 7.91. The number of nitrogens with zero attached hydrogens (tertiary/aromatic N) is 2. The Morgan fingerprint density at radius 2 is 1.87 bits per heavy atom. The van der Waals surface area contributed by atoms with Crippen LogP contribution in [0.3, 0.4) is 0 Å². The summed E-state index contributed by atoms with van der Waals surface area (Å²) in [6.07, 6.45) is 0. The fourth-order valence-electron chi connectivity index (χ4n) is 3.66. The van der Waals surface area contributed by atoms with E-state index in [-0.39, 0.29) is 5.56 Å². The number of hydrogen-bond donors (Lipinski definition) is 1. The zero-order valence-electron chi connectivity index (χ0n) is 16.6. The third kappa shape index (κ3) is 3.48. The van der Waals surface area contributed by atoms with Crippen molar-refractivity contribution in [1.82, 2.24) is 9.88 Å². The molecule has 3 aromatic rings. The Morgan fingerprint density at radius 1 is 1.13 bits per heavy atom. The Balaban J connectivity index is 1.64. The minimum absolute atomic E-state index is 0.133. The van der Waals surface area contributed by atoms with Gasteiger partial charge in [-0.25, -0.2) is 4.39 Å². The first-order valence-corrected chi connectivity index (χ1v) is 9.53. The highest BCUT2D eigenvalue weighted by Gasteiger charge is 2.23. The van der Waals surface area contributed by atoms with Gasteiger partial charge in [0.2, 0.25) is 0 Å². The van der Waals surface area contributed by atoms with Crippen LogP contribution in [-0.4, -0.2) is 23.7 Å². The van der Waals surface area contributed by atoms with Crippen molar-refractivity contribution in [3.8, 4) is 23.3 Å². The fourth-order valence-corrected chi connectivity index (χ4v) is 3.66. The molecule has 30 heavy (non-hydrogen) atoms. The van der Waals surface area contributed by atoms with E-state index in [9.17, 15) is 14.4 Å². The lowest BCUT2D eigenvalue weighted by atomic mass is 10.1. The smallest absolute Gasteiger partial charge is 0.254 e. The first kappa shape index (κ1) is 19.5. The molecule has 152 valence electrons. The molecule has 1 N–H and O–H groups in total. The largest absolute Gasteiger partial charge is 0.486 e. The number of benzene rings is 2. The number of fused-ring (bicyclic) bond motifs is 1.